The van der Waals surface area contributed by atoms with E-state index in [0.717, 1.165) is 0 Å². The largest absolute Gasteiger partial charge is 0.479 e. The lowest BCUT2D eigenvalue weighted by atomic mass is 9.90. The maximum absolute atomic E-state index is 12.3. The molecule has 21 heavy (non-hydrogen) atoms. The van der Waals surface area contributed by atoms with Crippen LogP contribution in [0.1, 0.15) is 38.4 Å². The van der Waals surface area contributed by atoms with Crippen LogP contribution in [0.25, 0.3) is 0 Å². The van der Waals surface area contributed by atoms with Crippen LogP contribution < -0.4 is 4.74 Å². The minimum atomic E-state index is -1.09. The number of likely N-dealkylation sites (tertiary alicyclic amines) is 1. The molecule has 2 rings (SSSR count). The molecule has 2 heterocycles. The second kappa shape index (κ2) is 6.15. The number of hydrogen-bond donors (Lipinski definition) is 1. The quantitative estimate of drug-likeness (QED) is 0.857. The van der Waals surface area contributed by atoms with Crippen LogP contribution in [0, 0.1) is 6.92 Å². The van der Waals surface area contributed by atoms with Crippen LogP contribution in [-0.2, 0) is 9.59 Å². The molecular weight excluding hydrogens is 276 g/mol. The molecule has 0 aromatic carbocycles. The van der Waals surface area contributed by atoms with Gasteiger partial charge in [0.25, 0.3) is 11.8 Å². The van der Waals surface area contributed by atoms with Crippen molar-refractivity contribution >= 4 is 11.9 Å². The number of carboxylic acids is 1. The molecule has 1 aromatic rings. The normalized spacial score (nSPS) is 21.5. The molecule has 0 saturated carbocycles. The number of aliphatic carboxylic acids is 1. The zero-order chi connectivity index (χ0) is 15.5. The maximum atomic E-state index is 12.3. The van der Waals surface area contributed by atoms with Gasteiger partial charge in [-0.3, -0.25) is 4.79 Å². The van der Waals surface area contributed by atoms with E-state index in [-0.39, 0.29) is 18.4 Å². The Labute approximate surface area is 122 Å². The van der Waals surface area contributed by atoms with Crippen molar-refractivity contribution in [2.24, 2.45) is 0 Å². The lowest BCUT2D eigenvalue weighted by Gasteiger charge is -2.34. The van der Waals surface area contributed by atoms with Gasteiger partial charge in [-0.1, -0.05) is 13.3 Å². The van der Waals surface area contributed by atoms with Crippen LogP contribution in [0.2, 0.25) is 0 Å². The number of aromatic nitrogens is 1. The molecule has 7 heteroatoms. The molecule has 1 unspecified atom stereocenters. The number of carbonyl (C=O) groups excluding carboxylic acids is 1. The molecule has 0 spiro atoms. The summed E-state index contributed by atoms with van der Waals surface area (Å²) in [6.07, 6.45) is 2.35. The summed E-state index contributed by atoms with van der Waals surface area (Å²) in [4.78, 5) is 25.4. The predicted octanol–water partition coefficient (Wildman–Crippen LogP) is 1.61. The number of nitrogens with zero attached hydrogens (tertiary/aromatic N) is 2. The molecule has 7 nitrogen and oxygen atoms in total. The van der Waals surface area contributed by atoms with Crippen molar-refractivity contribution in [1.82, 2.24) is 10.1 Å². The van der Waals surface area contributed by atoms with Crippen molar-refractivity contribution < 1.29 is 24.0 Å². The lowest BCUT2D eigenvalue weighted by molar-refractivity contribution is -0.157. The van der Waals surface area contributed by atoms with E-state index < -0.39 is 11.5 Å². The third-order valence-electron chi connectivity index (χ3n) is 3.80. The number of aryl methyl sites for hydroxylation is 1. The zero-order valence-corrected chi connectivity index (χ0v) is 12.3. The molecule has 1 amide bonds. The minimum absolute atomic E-state index is 0.231. The number of amides is 1. The van der Waals surface area contributed by atoms with E-state index in [1.807, 2.05) is 6.92 Å². The van der Waals surface area contributed by atoms with Gasteiger partial charge in [0, 0.05) is 12.6 Å². The molecule has 1 atom stereocenters. The van der Waals surface area contributed by atoms with Crippen molar-refractivity contribution in [2.75, 3.05) is 13.2 Å². The maximum Gasteiger partial charge on any atom is 0.329 e. The highest BCUT2D eigenvalue weighted by atomic mass is 16.5. The Balaban J connectivity index is 2.04. The Hall–Kier alpha value is -2.05. The first-order chi connectivity index (χ1) is 9.99. The molecule has 0 aliphatic carbocycles. The molecule has 116 valence electrons. The first kappa shape index (κ1) is 15.3. The molecule has 0 radical (unpaired) electrons. The lowest BCUT2D eigenvalue weighted by Crippen LogP contribution is -2.54. The Bertz CT molecular complexity index is 527. The summed E-state index contributed by atoms with van der Waals surface area (Å²) < 4.78 is 10.1. The fourth-order valence-corrected chi connectivity index (χ4v) is 2.87. The Morgan fingerprint density at radius 3 is 2.90 bits per heavy atom. The molecule has 1 N–H and O–H groups in total. The average Bonchev–Trinajstić information content (AvgIpc) is 3.04. The van der Waals surface area contributed by atoms with E-state index in [9.17, 15) is 14.7 Å². The van der Waals surface area contributed by atoms with E-state index >= 15 is 0 Å². The first-order valence-electron chi connectivity index (χ1n) is 7.09. The molecule has 1 aromatic heterocycles. The van der Waals surface area contributed by atoms with E-state index in [2.05, 4.69) is 5.16 Å². The van der Waals surface area contributed by atoms with Crippen LogP contribution in [0.5, 0.6) is 5.88 Å². The fourth-order valence-electron chi connectivity index (χ4n) is 2.87. The topological polar surface area (TPSA) is 92.9 Å². The Morgan fingerprint density at radius 1 is 1.57 bits per heavy atom. The summed E-state index contributed by atoms with van der Waals surface area (Å²) in [7, 11) is 0. The fraction of sp³-hybridized carbons (Fsp3) is 0.643. The highest BCUT2D eigenvalue weighted by Gasteiger charge is 2.49. The van der Waals surface area contributed by atoms with E-state index in [1.165, 1.54) is 4.90 Å². The summed E-state index contributed by atoms with van der Waals surface area (Å²) in [6, 6.07) is 1.58. The first-order valence-corrected chi connectivity index (χ1v) is 7.09. The molecule has 1 saturated heterocycles. The van der Waals surface area contributed by atoms with Gasteiger partial charge in [-0.25, -0.2) is 4.79 Å². The molecule has 1 aliphatic heterocycles. The number of carbonyl (C=O) groups is 2. The summed E-state index contributed by atoms with van der Waals surface area (Å²) in [5, 5.41) is 13.2. The van der Waals surface area contributed by atoms with E-state index in [4.69, 9.17) is 9.26 Å². The smallest absolute Gasteiger partial charge is 0.329 e. The Kier molecular flexibility index (Phi) is 4.50. The van der Waals surface area contributed by atoms with Gasteiger partial charge in [-0.15, -0.1) is 0 Å². The SMILES string of the molecule is CCCC1(C(=O)O)CCCN1C(=O)COc1cc(C)on1. The summed E-state index contributed by atoms with van der Waals surface area (Å²) in [5.74, 6) is -0.447. The average molecular weight is 296 g/mol. The molecular formula is C14H20N2O5. The number of carboxylic acid groups (broad SMARTS) is 1. The summed E-state index contributed by atoms with van der Waals surface area (Å²) in [5.41, 5.74) is -1.09. The van der Waals surface area contributed by atoms with Crippen LogP contribution in [0.3, 0.4) is 0 Å². The van der Waals surface area contributed by atoms with E-state index in [0.29, 0.717) is 38.0 Å². The highest BCUT2D eigenvalue weighted by molar-refractivity contribution is 5.88. The molecule has 1 aliphatic rings. The predicted molar refractivity (Wildman–Crippen MR) is 73.0 cm³/mol. The van der Waals surface area contributed by atoms with Crippen molar-refractivity contribution in [3.8, 4) is 5.88 Å². The summed E-state index contributed by atoms with van der Waals surface area (Å²) in [6.45, 7) is 3.86. The third-order valence-corrected chi connectivity index (χ3v) is 3.80. The standard InChI is InChI=1S/C14H20N2O5/c1-3-5-14(13(18)19)6-4-7-16(14)12(17)9-20-11-8-10(2)21-15-11/h8H,3-7,9H2,1-2H3,(H,18,19). The Morgan fingerprint density at radius 2 is 2.33 bits per heavy atom. The van der Waals surface area contributed by atoms with Crippen molar-refractivity contribution in [1.29, 1.82) is 0 Å². The van der Waals surface area contributed by atoms with Crippen molar-refractivity contribution in [3.05, 3.63) is 11.8 Å². The molecule has 0 bridgehead atoms. The van der Waals surface area contributed by atoms with Crippen LogP contribution >= 0.6 is 0 Å². The van der Waals surface area contributed by atoms with Gasteiger partial charge >= 0.3 is 5.97 Å². The van der Waals surface area contributed by atoms with Gasteiger partial charge in [0.15, 0.2) is 6.61 Å². The number of ether oxygens (including phenoxy) is 1. The van der Waals surface area contributed by atoms with Crippen LogP contribution in [-0.4, -0.2) is 45.7 Å². The van der Waals surface area contributed by atoms with Gasteiger partial charge in [0.1, 0.15) is 11.3 Å². The van der Waals surface area contributed by atoms with Gasteiger partial charge in [0.05, 0.1) is 0 Å². The van der Waals surface area contributed by atoms with Gasteiger partial charge in [-0.2, -0.15) is 0 Å². The zero-order valence-electron chi connectivity index (χ0n) is 12.3. The second-order valence-corrected chi connectivity index (χ2v) is 5.30. The van der Waals surface area contributed by atoms with Crippen molar-refractivity contribution in [2.45, 2.75) is 45.1 Å². The highest BCUT2D eigenvalue weighted by Crippen LogP contribution is 2.34. The minimum Gasteiger partial charge on any atom is -0.479 e. The van der Waals surface area contributed by atoms with Gasteiger partial charge in [-0.05, 0) is 31.3 Å². The summed E-state index contributed by atoms with van der Waals surface area (Å²) >= 11 is 0. The van der Waals surface area contributed by atoms with Gasteiger partial charge < -0.3 is 19.3 Å². The number of hydrogen-bond acceptors (Lipinski definition) is 5. The monoisotopic (exact) mass is 296 g/mol. The van der Waals surface area contributed by atoms with Gasteiger partial charge in [0.2, 0.25) is 0 Å². The number of rotatable bonds is 6. The molecule has 1 fully saturated rings. The third kappa shape index (κ3) is 3.01. The van der Waals surface area contributed by atoms with Crippen LogP contribution in [0.15, 0.2) is 10.6 Å². The van der Waals surface area contributed by atoms with E-state index in [1.54, 1.807) is 13.0 Å². The van der Waals surface area contributed by atoms with Crippen molar-refractivity contribution in [3.63, 3.8) is 0 Å². The second-order valence-electron chi connectivity index (χ2n) is 5.30. The van der Waals surface area contributed by atoms with Crippen LogP contribution in [0.4, 0.5) is 0 Å².